The summed E-state index contributed by atoms with van der Waals surface area (Å²) in [7, 11) is -4.21. The minimum Gasteiger partial charge on any atom is -0.273 e. The maximum absolute atomic E-state index is 14.0. The number of fused-ring (bicyclic) bond motifs is 1. The summed E-state index contributed by atoms with van der Waals surface area (Å²) in [6, 6.07) is 4.17. The van der Waals surface area contributed by atoms with Crippen LogP contribution in [0, 0.1) is 17.6 Å². The Morgan fingerprint density at radius 3 is 2.48 bits per heavy atom. The molecule has 0 atom stereocenters. The number of halogens is 2. The number of sulfonamides is 1. The summed E-state index contributed by atoms with van der Waals surface area (Å²) in [5.41, 5.74) is 6.09. The maximum atomic E-state index is 14.0. The molecule has 1 aromatic heterocycles. The van der Waals surface area contributed by atoms with Crippen LogP contribution in [0.5, 0.6) is 0 Å². The van der Waals surface area contributed by atoms with E-state index in [4.69, 9.17) is 0 Å². The summed E-state index contributed by atoms with van der Waals surface area (Å²) < 4.78 is 53.8. The lowest BCUT2D eigenvalue weighted by molar-refractivity contribution is -0.126. The van der Waals surface area contributed by atoms with Gasteiger partial charge >= 0.3 is 0 Å². The molecule has 4 rings (SSSR count). The fraction of sp³-hybridized carbons (Fsp3) is 0.455. The summed E-state index contributed by atoms with van der Waals surface area (Å²) in [5.74, 6) is -3.15. The molecule has 2 aliphatic rings. The highest BCUT2D eigenvalue weighted by Crippen LogP contribution is 2.29. The number of hydrogen-bond acceptors (Lipinski definition) is 5. The van der Waals surface area contributed by atoms with Crippen LogP contribution in [0.2, 0.25) is 0 Å². The van der Waals surface area contributed by atoms with Gasteiger partial charge in [-0.25, -0.2) is 17.2 Å². The first-order valence-corrected chi connectivity index (χ1v) is 13.2. The van der Waals surface area contributed by atoms with E-state index in [-0.39, 0.29) is 31.8 Å². The Labute approximate surface area is 195 Å². The van der Waals surface area contributed by atoms with Crippen molar-refractivity contribution in [3.63, 3.8) is 0 Å². The second kappa shape index (κ2) is 9.86. The summed E-state index contributed by atoms with van der Waals surface area (Å²) in [4.78, 5) is 26.0. The molecule has 0 spiro atoms. The summed E-state index contributed by atoms with van der Waals surface area (Å²) in [6.45, 7) is -0.0239. The standard InChI is InChI=1S/C22H25F2N3O4S2/c23-16-6-7-17(24)20(13-16)33(30,31)27-10-8-14(9-11-27)21(28)25-26-22(29)19-12-15-4-2-1-3-5-18(15)32-19/h6-7,12-14H,1-5,8-11H2,(H,25,28)(H,26,29). The molecule has 0 unspecified atom stereocenters. The molecule has 7 nitrogen and oxygen atoms in total. The van der Waals surface area contributed by atoms with E-state index in [1.54, 1.807) is 0 Å². The van der Waals surface area contributed by atoms with E-state index in [1.165, 1.54) is 28.2 Å². The van der Waals surface area contributed by atoms with E-state index in [0.717, 1.165) is 42.1 Å². The molecule has 0 saturated carbocycles. The lowest BCUT2D eigenvalue weighted by atomic mass is 9.98. The highest BCUT2D eigenvalue weighted by molar-refractivity contribution is 7.89. The monoisotopic (exact) mass is 497 g/mol. The zero-order chi connectivity index (χ0) is 23.6. The molecule has 2 amide bonds. The molecular weight excluding hydrogens is 472 g/mol. The van der Waals surface area contributed by atoms with Gasteiger partial charge in [-0.05, 0) is 68.4 Å². The fourth-order valence-corrected chi connectivity index (χ4v) is 6.93. The number of thiophene rings is 1. The Hall–Kier alpha value is -2.37. The number of nitrogens with zero attached hydrogens (tertiary/aromatic N) is 1. The third-order valence-corrected chi connectivity index (χ3v) is 9.25. The zero-order valence-corrected chi connectivity index (χ0v) is 19.5. The smallest absolute Gasteiger partial charge is 0.273 e. The number of carbonyl (C=O) groups excluding carboxylic acids is 2. The molecule has 0 bridgehead atoms. The minimum absolute atomic E-state index is 0.0119. The van der Waals surface area contributed by atoms with E-state index in [1.807, 2.05) is 6.07 Å². The lowest BCUT2D eigenvalue weighted by Gasteiger charge is -2.30. The number of amides is 2. The maximum Gasteiger partial charge on any atom is 0.279 e. The van der Waals surface area contributed by atoms with Gasteiger partial charge in [-0.2, -0.15) is 4.31 Å². The SMILES string of the molecule is O=C(NNC(=O)C1CCN(S(=O)(=O)c2cc(F)ccc2F)CC1)c1cc2c(s1)CCCCC2. The third kappa shape index (κ3) is 5.25. The third-order valence-electron chi connectivity index (χ3n) is 6.11. The molecule has 11 heteroatoms. The molecule has 2 N–H and O–H groups in total. The summed E-state index contributed by atoms with van der Waals surface area (Å²) in [6.07, 6.45) is 5.76. The van der Waals surface area contributed by atoms with Crippen LogP contribution < -0.4 is 10.9 Å². The molecule has 1 fully saturated rings. The van der Waals surface area contributed by atoms with Crippen LogP contribution in [-0.4, -0.2) is 37.6 Å². The number of hydrogen-bond donors (Lipinski definition) is 2. The van der Waals surface area contributed by atoms with Crippen LogP contribution >= 0.6 is 11.3 Å². The Morgan fingerprint density at radius 2 is 1.73 bits per heavy atom. The van der Waals surface area contributed by atoms with E-state index < -0.39 is 38.4 Å². The van der Waals surface area contributed by atoms with Gasteiger partial charge in [0.2, 0.25) is 15.9 Å². The number of benzene rings is 1. The van der Waals surface area contributed by atoms with Crippen LogP contribution in [0.4, 0.5) is 8.78 Å². The topological polar surface area (TPSA) is 95.6 Å². The van der Waals surface area contributed by atoms with Gasteiger partial charge in [0.25, 0.3) is 5.91 Å². The van der Waals surface area contributed by atoms with Crippen LogP contribution in [-0.2, 0) is 27.7 Å². The van der Waals surface area contributed by atoms with Gasteiger partial charge in [-0.3, -0.25) is 20.4 Å². The molecule has 1 aromatic carbocycles. The van der Waals surface area contributed by atoms with E-state index >= 15 is 0 Å². The van der Waals surface area contributed by atoms with E-state index in [0.29, 0.717) is 10.9 Å². The molecule has 2 aromatic rings. The van der Waals surface area contributed by atoms with Gasteiger partial charge in [0.05, 0.1) is 4.88 Å². The van der Waals surface area contributed by atoms with Crippen molar-refractivity contribution in [2.45, 2.75) is 49.8 Å². The predicted molar refractivity (Wildman–Crippen MR) is 119 cm³/mol. The molecule has 33 heavy (non-hydrogen) atoms. The van der Waals surface area contributed by atoms with Crippen molar-refractivity contribution < 1.29 is 26.8 Å². The van der Waals surface area contributed by atoms with Crippen molar-refractivity contribution in [3.05, 3.63) is 51.2 Å². The Bertz CT molecular complexity index is 1130. The first-order chi connectivity index (χ1) is 15.8. The molecule has 1 aliphatic carbocycles. The second-order valence-corrected chi connectivity index (χ2v) is 11.4. The number of piperidine rings is 1. The van der Waals surface area contributed by atoms with Crippen LogP contribution in [0.3, 0.4) is 0 Å². The second-order valence-electron chi connectivity index (χ2n) is 8.32. The van der Waals surface area contributed by atoms with Gasteiger partial charge in [0.15, 0.2) is 0 Å². The quantitative estimate of drug-likeness (QED) is 0.501. The van der Waals surface area contributed by atoms with Crippen LogP contribution in [0.1, 0.15) is 52.2 Å². The van der Waals surface area contributed by atoms with Crippen molar-refractivity contribution in [1.29, 1.82) is 0 Å². The van der Waals surface area contributed by atoms with Crippen LogP contribution in [0.25, 0.3) is 0 Å². The van der Waals surface area contributed by atoms with Gasteiger partial charge in [0.1, 0.15) is 16.5 Å². The number of nitrogens with one attached hydrogen (secondary N) is 2. The van der Waals surface area contributed by atoms with E-state index in [9.17, 15) is 26.8 Å². The molecule has 178 valence electrons. The highest BCUT2D eigenvalue weighted by Gasteiger charge is 2.34. The Kier molecular flexibility index (Phi) is 7.10. The van der Waals surface area contributed by atoms with Crippen molar-refractivity contribution in [3.8, 4) is 0 Å². The minimum atomic E-state index is -4.21. The Balaban J connectivity index is 1.30. The van der Waals surface area contributed by atoms with E-state index in [2.05, 4.69) is 10.9 Å². The fourth-order valence-electron chi connectivity index (χ4n) is 4.23. The van der Waals surface area contributed by atoms with Gasteiger partial charge in [-0.15, -0.1) is 11.3 Å². The van der Waals surface area contributed by atoms with Gasteiger partial charge < -0.3 is 0 Å². The number of aryl methyl sites for hydroxylation is 2. The molecule has 1 aliphatic heterocycles. The van der Waals surface area contributed by atoms with Gasteiger partial charge in [0, 0.05) is 23.9 Å². The predicted octanol–water partition coefficient (Wildman–Crippen LogP) is 3.16. The van der Waals surface area contributed by atoms with Crippen molar-refractivity contribution in [1.82, 2.24) is 15.2 Å². The molecular formula is C22H25F2N3O4S2. The van der Waals surface area contributed by atoms with Crippen LogP contribution in [0.15, 0.2) is 29.2 Å². The van der Waals surface area contributed by atoms with Crippen molar-refractivity contribution in [2.75, 3.05) is 13.1 Å². The van der Waals surface area contributed by atoms with Gasteiger partial charge in [-0.1, -0.05) is 6.42 Å². The average molecular weight is 498 g/mol. The molecule has 2 heterocycles. The average Bonchev–Trinajstić information content (AvgIpc) is 3.09. The molecule has 1 saturated heterocycles. The largest absolute Gasteiger partial charge is 0.279 e. The zero-order valence-electron chi connectivity index (χ0n) is 17.9. The Morgan fingerprint density at radius 1 is 1.00 bits per heavy atom. The number of carbonyl (C=O) groups is 2. The molecule has 0 radical (unpaired) electrons. The first kappa shape index (κ1) is 23.8. The highest BCUT2D eigenvalue weighted by atomic mass is 32.2. The van der Waals surface area contributed by atoms with Crippen molar-refractivity contribution >= 4 is 33.2 Å². The summed E-state index contributed by atoms with van der Waals surface area (Å²) >= 11 is 1.45. The first-order valence-electron chi connectivity index (χ1n) is 10.9. The number of rotatable bonds is 4. The van der Waals surface area contributed by atoms with Crippen molar-refractivity contribution in [2.24, 2.45) is 5.92 Å². The normalized spacial score (nSPS) is 17.8. The summed E-state index contributed by atoms with van der Waals surface area (Å²) in [5, 5.41) is 0. The number of hydrazine groups is 1. The lowest BCUT2D eigenvalue weighted by Crippen LogP contribution is -2.48.